The zero-order chi connectivity index (χ0) is 21.3. The van der Waals surface area contributed by atoms with Crippen LogP contribution in [0.2, 0.25) is 0 Å². The molecule has 1 aromatic rings. The van der Waals surface area contributed by atoms with Gasteiger partial charge in [0.15, 0.2) is 0 Å². The number of nitrogens with zero attached hydrogens (tertiary/aromatic N) is 3. The molecule has 2 aliphatic rings. The average molecular weight is 417 g/mol. The van der Waals surface area contributed by atoms with Crippen molar-refractivity contribution in [2.45, 2.75) is 59.0 Å². The first-order chi connectivity index (χ1) is 13.6. The van der Waals surface area contributed by atoms with Gasteiger partial charge in [-0.15, -0.1) is 11.8 Å². The molecule has 2 aliphatic heterocycles. The minimum atomic E-state index is -0.527. The Kier molecular flexibility index (Phi) is 6.03. The summed E-state index contributed by atoms with van der Waals surface area (Å²) in [7, 11) is 0. The van der Waals surface area contributed by atoms with E-state index in [0.717, 1.165) is 11.1 Å². The van der Waals surface area contributed by atoms with Gasteiger partial charge >= 0.3 is 0 Å². The number of aryl methyl sites for hydroxylation is 2. The van der Waals surface area contributed by atoms with Gasteiger partial charge in [0.25, 0.3) is 5.91 Å². The van der Waals surface area contributed by atoms with E-state index in [2.05, 4.69) is 10.4 Å². The molecule has 7 nitrogen and oxygen atoms in total. The maximum Gasteiger partial charge on any atom is 0.271 e. The first-order valence-corrected chi connectivity index (χ1v) is 10.9. The number of hydrogen-bond donors (Lipinski definition) is 1. The zero-order valence-corrected chi connectivity index (χ0v) is 18.4. The second-order valence-corrected chi connectivity index (χ2v) is 9.57. The molecule has 2 heterocycles. The Balaban J connectivity index is 1.85. The molecule has 1 N–H and O–H groups in total. The molecule has 3 amide bonds. The maximum atomic E-state index is 13.2. The molecule has 1 fully saturated rings. The molecular formula is C21H28N4O3S. The summed E-state index contributed by atoms with van der Waals surface area (Å²) in [4.78, 5) is 39.9. The van der Waals surface area contributed by atoms with Crippen molar-refractivity contribution in [3.05, 3.63) is 29.3 Å². The van der Waals surface area contributed by atoms with E-state index in [1.165, 1.54) is 5.01 Å². The lowest BCUT2D eigenvalue weighted by Crippen LogP contribution is -2.54. The molecule has 0 bridgehead atoms. The summed E-state index contributed by atoms with van der Waals surface area (Å²) >= 11 is 1.55. The van der Waals surface area contributed by atoms with Crippen LogP contribution in [0.4, 0.5) is 5.69 Å². The minimum Gasteiger partial charge on any atom is -0.350 e. The van der Waals surface area contributed by atoms with Crippen molar-refractivity contribution >= 4 is 40.9 Å². The first-order valence-electron chi connectivity index (χ1n) is 9.75. The van der Waals surface area contributed by atoms with Crippen LogP contribution in [-0.2, 0) is 14.4 Å². The molecule has 0 aliphatic carbocycles. The van der Waals surface area contributed by atoms with E-state index in [1.807, 2.05) is 52.8 Å². The summed E-state index contributed by atoms with van der Waals surface area (Å²) in [5.41, 5.74) is 2.58. The fourth-order valence-electron chi connectivity index (χ4n) is 3.32. The van der Waals surface area contributed by atoms with Crippen LogP contribution in [0.25, 0.3) is 0 Å². The molecule has 1 atom stereocenters. The maximum absolute atomic E-state index is 13.2. The molecule has 156 valence electrons. The number of hydrazone groups is 1. The molecule has 0 spiro atoms. The van der Waals surface area contributed by atoms with Crippen LogP contribution in [0.5, 0.6) is 0 Å². The van der Waals surface area contributed by atoms with E-state index in [-0.39, 0.29) is 36.1 Å². The van der Waals surface area contributed by atoms with E-state index in [1.54, 1.807) is 16.7 Å². The van der Waals surface area contributed by atoms with Crippen molar-refractivity contribution in [1.82, 2.24) is 10.2 Å². The zero-order valence-electron chi connectivity index (χ0n) is 17.6. The number of carbonyl (C=O) groups is 3. The first kappa shape index (κ1) is 21.4. The molecule has 3 rings (SSSR count). The van der Waals surface area contributed by atoms with E-state index >= 15 is 0 Å². The molecule has 29 heavy (non-hydrogen) atoms. The highest BCUT2D eigenvalue weighted by Gasteiger charge is 2.39. The van der Waals surface area contributed by atoms with Crippen LogP contribution < -0.4 is 10.3 Å². The molecule has 1 saturated heterocycles. The van der Waals surface area contributed by atoms with Crippen LogP contribution in [0.3, 0.4) is 0 Å². The second kappa shape index (κ2) is 8.18. The van der Waals surface area contributed by atoms with Crippen molar-refractivity contribution in [3.63, 3.8) is 0 Å². The monoisotopic (exact) mass is 416 g/mol. The average Bonchev–Trinajstić information content (AvgIpc) is 3.12. The topological polar surface area (TPSA) is 82.1 Å². The predicted octanol–water partition coefficient (Wildman–Crippen LogP) is 2.60. The quantitative estimate of drug-likeness (QED) is 0.821. The van der Waals surface area contributed by atoms with Crippen LogP contribution in [0.1, 0.15) is 44.7 Å². The van der Waals surface area contributed by atoms with Gasteiger partial charge in [0.05, 0.1) is 11.6 Å². The van der Waals surface area contributed by atoms with Crippen molar-refractivity contribution in [2.75, 3.05) is 16.6 Å². The number of amides is 3. The van der Waals surface area contributed by atoms with Crippen molar-refractivity contribution in [3.8, 4) is 0 Å². The molecule has 1 unspecified atom stereocenters. The Morgan fingerprint density at radius 1 is 1.21 bits per heavy atom. The van der Waals surface area contributed by atoms with E-state index in [0.29, 0.717) is 23.0 Å². The number of thioether (sulfide) groups is 1. The summed E-state index contributed by atoms with van der Waals surface area (Å²) in [6.07, 6.45) is 0.506. The van der Waals surface area contributed by atoms with Crippen LogP contribution >= 0.6 is 11.8 Å². The highest BCUT2D eigenvalue weighted by molar-refractivity contribution is 7.99. The van der Waals surface area contributed by atoms with Gasteiger partial charge in [0.1, 0.15) is 11.8 Å². The number of carbonyl (C=O) groups excluding carboxylic acids is 3. The van der Waals surface area contributed by atoms with E-state index < -0.39 is 6.04 Å². The number of benzene rings is 1. The summed E-state index contributed by atoms with van der Waals surface area (Å²) in [6, 6.07) is 5.28. The van der Waals surface area contributed by atoms with Crippen molar-refractivity contribution in [1.29, 1.82) is 0 Å². The van der Waals surface area contributed by atoms with Crippen molar-refractivity contribution in [2.24, 2.45) is 5.10 Å². The fraction of sp³-hybridized carbons (Fsp3) is 0.524. The van der Waals surface area contributed by atoms with Crippen LogP contribution in [-0.4, -0.2) is 51.5 Å². The normalized spacial score (nSPS) is 20.0. The smallest absolute Gasteiger partial charge is 0.271 e. The fourth-order valence-corrected chi connectivity index (χ4v) is 4.48. The second-order valence-electron chi connectivity index (χ2n) is 8.57. The Morgan fingerprint density at radius 3 is 2.62 bits per heavy atom. The Labute approximate surface area is 175 Å². The molecule has 0 aromatic heterocycles. The van der Waals surface area contributed by atoms with Gasteiger partial charge in [-0.05, 0) is 51.8 Å². The Bertz CT molecular complexity index is 875. The molecule has 0 saturated carbocycles. The number of hydrogen-bond acceptors (Lipinski definition) is 5. The number of nitrogens with one attached hydrogen (secondary N) is 1. The molecule has 1 aromatic carbocycles. The summed E-state index contributed by atoms with van der Waals surface area (Å²) in [6.45, 7) is 9.61. The molecule has 0 radical (unpaired) electrons. The van der Waals surface area contributed by atoms with Crippen LogP contribution in [0, 0.1) is 13.8 Å². The van der Waals surface area contributed by atoms with Gasteiger partial charge < -0.3 is 10.2 Å². The Hall–Kier alpha value is -2.35. The highest BCUT2D eigenvalue weighted by Crippen LogP contribution is 2.27. The Morgan fingerprint density at radius 2 is 1.93 bits per heavy atom. The van der Waals surface area contributed by atoms with Crippen LogP contribution in [0.15, 0.2) is 23.3 Å². The van der Waals surface area contributed by atoms with Crippen molar-refractivity contribution < 1.29 is 14.4 Å². The van der Waals surface area contributed by atoms with E-state index in [4.69, 9.17) is 0 Å². The summed E-state index contributed by atoms with van der Waals surface area (Å²) < 4.78 is 0. The van der Waals surface area contributed by atoms with E-state index in [9.17, 15) is 14.4 Å². The number of anilines is 1. The van der Waals surface area contributed by atoms with Gasteiger partial charge in [0, 0.05) is 24.1 Å². The minimum absolute atomic E-state index is 0.131. The predicted molar refractivity (Wildman–Crippen MR) is 116 cm³/mol. The number of rotatable bonds is 3. The lowest BCUT2D eigenvalue weighted by Gasteiger charge is -2.30. The molecular weight excluding hydrogens is 388 g/mol. The largest absolute Gasteiger partial charge is 0.350 e. The van der Waals surface area contributed by atoms with Gasteiger partial charge in [-0.3, -0.25) is 14.4 Å². The lowest BCUT2D eigenvalue weighted by atomic mass is 10.1. The summed E-state index contributed by atoms with van der Waals surface area (Å²) in [5.74, 6) is 0.438. The molecule has 8 heteroatoms. The summed E-state index contributed by atoms with van der Waals surface area (Å²) in [5, 5.41) is 8.71. The third-order valence-corrected chi connectivity index (χ3v) is 5.83. The highest BCUT2D eigenvalue weighted by atomic mass is 32.2. The lowest BCUT2D eigenvalue weighted by molar-refractivity contribution is -0.134. The van der Waals surface area contributed by atoms with Gasteiger partial charge in [0.2, 0.25) is 11.8 Å². The third kappa shape index (κ3) is 4.80. The third-order valence-electron chi connectivity index (χ3n) is 4.82. The van der Waals surface area contributed by atoms with Gasteiger partial charge in [-0.1, -0.05) is 12.1 Å². The van der Waals surface area contributed by atoms with Gasteiger partial charge in [-0.25, -0.2) is 5.01 Å². The van der Waals surface area contributed by atoms with Gasteiger partial charge in [-0.2, -0.15) is 5.10 Å². The standard InChI is InChI=1S/C21H28N4O3S/c1-13-6-7-14(2)16(10-13)25-18(26)9-8-15(23-25)20(28)24-12-29-11-17(24)19(27)22-21(3,4)5/h6-7,10,17H,8-9,11-12H2,1-5H3,(H,22,27). The SMILES string of the molecule is Cc1ccc(C)c(N2N=C(C(=O)N3CSCC3C(=O)NC(C)(C)C)CCC2=O)c1.